The number of amides is 1. The molecule has 0 bridgehead atoms. The summed E-state index contributed by atoms with van der Waals surface area (Å²) in [6.45, 7) is 5.88. The quantitative estimate of drug-likeness (QED) is 0.796. The molecule has 1 aliphatic heterocycles. The fraction of sp³-hybridized carbons (Fsp3) is 0.583. The zero-order chi connectivity index (χ0) is 14.5. The minimum atomic E-state index is -0.381. The maximum Gasteiger partial charge on any atom is 0.285 e. The van der Waals surface area contributed by atoms with Gasteiger partial charge < -0.3 is 10.2 Å². The van der Waals surface area contributed by atoms with Crippen LogP contribution >= 0.6 is 11.6 Å². The van der Waals surface area contributed by atoms with Gasteiger partial charge in [0, 0.05) is 32.7 Å². The van der Waals surface area contributed by atoms with E-state index >= 15 is 0 Å². The number of aromatic amines is 1. The van der Waals surface area contributed by atoms with Crippen LogP contribution in [-0.4, -0.2) is 60.3 Å². The number of rotatable bonds is 4. The van der Waals surface area contributed by atoms with Crippen molar-refractivity contribution in [3.05, 3.63) is 21.6 Å². The molecule has 0 aromatic carbocycles. The SMILES string of the molecule is CCNC(=O)CN1CCN(c2cn[nH]c(=O)c2Cl)CC1. The van der Waals surface area contributed by atoms with Crippen molar-refractivity contribution < 1.29 is 4.79 Å². The highest BCUT2D eigenvalue weighted by Gasteiger charge is 2.21. The fourth-order valence-corrected chi connectivity index (χ4v) is 2.41. The van der Waals surface area contributed by atoms with Crippen molar-refractivity contribution in [3.63, 3.8) is 0 Å². The van der Waals surface area contributed by atoms with E-state index in [9.17, 15) is 9.59 Å². The number of halogens is 1. The molecule has 1 fully saturated rings. The largest absolute Gasteiger partial charge is 0.366 e. The number of aromatic nitrogens is 2. The minimum Gasteiger partial charge on any atom is -0.366 e. The number of H-pyrrole nitrogens is 1. The van der Waals surface area contributed by atoms with Gasteiger partial charge in [-0.25, -0.2) is 5.10 Å². The molecule has 8 heteroatoms. The van der Waals surface area contributed by atoms with Gasteiger partial charge in [-0.2, -0.15) is 5.10 Å². The topological polar surface area (TPSA) is 81.3 Å². The van der Waals surface area contributed by atoms with Gasteiger partial charge in [0.2, 0.25) is 5.91 Å². The van der Waals surface area contributed by atoms with E-state index in [0.29, 0.717) is 31.9 Å². The summed E-state index contributed by atoms with van der Waals surface area (Å²) in [4.78, 5) is 27.0. The zero-order valence-corrected chi connectivity index (χ0v) is 12.1. The van der Waals surface area contributed by atoms with Crippen LogP contribution in [0.15, 0.2) is 11.0 Å². The summed E-state index contributed by atoms with van der Waals surface area (Å²) in [5.74, 6) is 0.0387. The molecule has 7 nitrogen and oxygen atoms in total. The van der Waals surface area contributed by atoms with Gasteiger partial charge in [0.25, 0.3) is 5.56 Å². The van der Waals surface area contributed by atoms with Gasteiger partial charge in [-0.05, 0) is 6.92 Å². The van der Waals surface area contributed by atoms with Gasteiger partial charge in [0.1, 0.15) is 5.02 Å². The summed E-state index contributed by atoms with van der Waals surface area (Å²) in [5, 5.41) is 9.02. The summed E-state index contributed by atoms with van der Waals surface area (Å²) in [6.07, 6.45) is 1.56. The summed E-state index contributed by atoms with van der Waals surface area (Å²) in [7, 11) is 0. The molecule has 20 heavy (non-hydrogen) atoms. The molecule has 0 unspecified atom stereocenters. The van der Waals surface area contributed by atoms with Crippen LogP contribution in [-0.2, 0) is 4.79 Å². The van der Waals surface area contributed by atoms with Crippen LogP contribution in [0.3, 0.4) is 0 Å². The van der Waals surface area contributed by atoms with E-state index < -0.39 is 0 Å². The summed E-state index contributed by atoms with van der Waals surface area (Å²) < 4.78 is 0. The molecule has 0 aliphatic carbocycles. The Morgan fingerprint density at radius 1 is 1.45 bits per heavy atom. The second-order valence-corrected chi connectivity index (χ2v) is 4.99. The highest BCUT2D eigenvalue weighted by atomic mass is 35.5. The van der Waals surface area contributed by atoms with Crippen molar-refractivity contribution in [2.75, 3.05) is 44.2 Å². The van der Waals surface area contributed by atoms with Crippen LogP contribution in [0.2, 0.25) is 5.02 Å². The van der Waals surface area contributed by atoms with Gasteiger partial charge in [-0.1, -0.05) is 11.6 Å². The molecule has 1 aromatic rings. The van der Waals surface area contributed by atoms with Crippen molar-refractivity contribution in [2.24, 2.45) is 0 Å². The first-order chi connectivity index (χ1) is 9.61. The second kappa shape index (κ2) is 6.71. The van der Waals surface area contributed by atoms with E-state index in [0.717, 1.165) is 13.1 Å². The van der Waals surface area contributed by atoms with Gasteiger partial charge in [-0.15, -0.1) is 0 Å². The van der Waals surface area contributed by atoms with Gasteiger partial charge >= 0.3 is 0 Å². The smallest absolute Gasteiger partial charge is 0.285 e. The maximum absolute atomic E-state index is 11.5. The Balaban J connectivity index is 1.93. The number of likely N-dealkylation sites (N-methyl/N-ethyl adjacent to an activating group) is 1. The zero-order valence-electron chi connectivity index (χ0n) is 11.4. The van der Waals surface area contributed by atoms with E-state index in [1.165, 1.54) is 0 Å². The van der Waals surface area contributed by atoms with Gasteiger partial charge in [-0.3, -0.25) is 14.5 Å². The number of nitrogens with one attached hydrogen (secondary N) is 2. The lowest BCUT2D eigenvalue weighted by molar-refractivity contribution is -0.122. The van der Waals surface area contributed by atoms with Crippen molar-refractivity contribution in [2.45, 2.75) is 6.92 Å². The monoisotopic (exact) mass is 299 g/mol. The number of anilines is 1. The molecule has 1 saturated heterocycles. The normalized spacial score (nSPS) is 16.2. The first-order valence-electron chi connectivity index (χ1n) is 6.59. The van der Waals surface area contributed by atoms with E-state index in [2.05, 4.69) is 20.4 Å². The summed E-state index contributed by atoms with van der Waals surface area (Å²) in [6, 6.07) is 0. The van der Waals surface area contributed by atoms with E-state index in [1.54, 1.807) is 6.20 Å². The first-order valence-corrected chi connectivity index (χ1v) is 6.96. The average Bonchev–Trinajstić information content (AvgIpc) is 2.43. The van der Waals surface area contributed by atoms with Crippen molar-refractivity contribution in [1.29, 1.82) is 0 Å². The Hall–Kier alpha value is -1.60. The van der Waals surface area contributed by atoms with Crippen LogP contribution < -0.4 is 15.8 Å². The Morgan fingerprint density at radius 3 is 2.80 bits per heavy atom. The van der Waals surface area contributed by atoms with E-state index in [-0.39, 0.29) is 16.5 Å². The number of hydrogen-bond acceptors (Lipinski definition) is 5. The van der Waals surface area contributed by atoms with Crippen LogP contribution in [0.1, 0.15) is 6.92 Å². The summed E-state index contributed by atoms with van der Waals surface area (Å²) >= 11 is 5.99. The highest BCUT2D eigenvalue weighted by molar-refractivity contribution is 6.32. The third kappa shape index (κ3) is 3.49. The highest BCUT2D eigenvalue weighted by Crippen LogP contribution is 2.21. The number of carbonyl (C=O) groups is 1. The minimum absolute atomic E-state index is 0.0387. The van der Waals surface area contributed by atoms with E-state index in [4.69, 9.17) is 11.6 Å². The molecule has 2 heterocycles. The molecule has 2 rings (SSSR count). The Morgan fingerprint density at radius 2 is 2.15 bits per heavy atom. The van der Waals surface area contributed by atoms with Crippen LogP contribution in [0, 0.1) is 0 Å². The molecule has 0 spiro atoms. The van der Waals surface area contributed by atoms with Crippen molar-refractivity contribution in [3.8, 4) is 0 Å². The molecule has 0 atom stereocenters. The maximum atomic E-state index is 11.5. The van der Waals surface area contributed by atoms with Crippen LogP contribution in [0.25, 0.3) is 0 Å². The Bertz CT molecular complexity index is 525. The molecule has 1 aromatic heterocycles. The predicted molar refractivity (Wildman–Crippen MR) is 77.2 cm³/mol. The van der Waals surface area contributed by atoms with Crippen molar-refractivity contribution >= 4 is 23.2 Å². The molecular formula is C12H18ClN5O2. The average molecular weight is 300 g/mol. The van der Waals surface area contributed by atoms with Gasteiger partial charge in [0.05, 0.1) is 18.4 Å². The molecule has 1 aliphatic rings. The van der Waals surface area contributed by atoms with Gasteiger partial charge in [0.15, 0.2) is 0 Å². The standard InChI is InChI=1S/C12H18ClN5O2/c1-2-14-10(19)8-17-3-5-18(6-4-17)9-7-15-16-12(20)11(9)13/h7H,2-6,8H2,1H3,(H,14,19)(H,16,20). The lowest BCUT2D eigenvalue weighted by atomic mass is 10.3. The molecule has 2 N–H and O–H groups in total. The third-order valence-electron chi connectivity index (χ3n) is 3.23. The molecule has 0 saturated carbocycles. The van der Waals surface area contributed by atoms with E-state index in [1.807, 2.05) is 11.8 Å². The number of carbonyl (C=O) groups excluding carboxylic acids is 1. The molecular weight excluding hydrogens is 282 g/mol. The summed E-state index contributed by atoms with van der Waals surface area (Å²) in [5.41, 5.74) is 0.266. The lowest BCUT2D eigenvalue weighted by Gasteiger charge is -2.35. The third-order valence-corrected chi connectivity index (χ3v) is 3.60. The molecule has 110 valence electrons. The van der Waals surface area contributed by atoms with Crippen LogP contribution in [0.5, 0.6) is 0 Å². The Kier molecular flexibility index (Phi) is 4.97. The first kappa shape index (κ1) is 14.8. The predicted octanol–water partition coefficient (Wildman–Crippen LogP) is -0.319. The van der Waals surface area contributed by atoms with Crippen LogP contribution in [0.4, 0.5) is 5.69 Å². The molecule has 0 radical (unpaired) electrons. The fourth-order valence-electron chi connectivity index (χ4n) is 2.20. The lowest BCUT2D eigenvalue weighted by Crippen LogP contribution is -2.49. The molecule has 1 amide bonds. The number of piperazine rings is 1. The number of nitrogens with zero attached hydrogens (tertiary/aromatic N) is 3. The van der Waals surface area contributed by atoms with Crippen molar-refractivity contribution in [1.82, 2.24) is 20.4 Å². The number of hydrogen-bond donors (Lipinski definition) is 2. The second-order valence-electron chi connectivity index (χ2n) is 4.62. The Labute approximate surface area is 121 Å².